The molecular formula is C10H14N2O3S. The molecular weight excluding hydrogens is 228 g/mol. The Hall–Kier alpha value is -1.04. The zero-order chi connectivity index (χ0) is 11.3. The maximum atomic E-state index is 11.7. The van der Waals surface area contributed by atoms with Crippen molar-refractivity contribution in [2.24, 2.45) is 0 Å². The van der Waals surface area contributed by atoms with Gasteiger partial charge < -0.3 is 0 Å². The van der Waals surface area contributed by atoms with Crippen LogP contribution < -0.4 is 5.56 Å². The summed E-state index contributed by atoms with van der Waals surface area (Å²) in [6.07, 6.45) is 3.85. The number of H-pyrrole nitrogens is 1. The van der Waals surface area contributed by atoms with Gasteiger partial charge in [-0.1, -0.05) is 0 Å². The Morgan fingerprint density at radius 1 is 1.31 bits per heavy atom. The molecule has 0 unspecified atom stereocenters. The second-order valence-electron chi connectivity index (χ2n) is 4.66. The summed E-state index contributed by atoms with van der Waals surface area (Å²) in [6.45, 7) is 0. The number of nitrogens with zero attached hydrogens (tertiary/aromatic N) is 1. The van der Waals surface area contributed by atoms with Gasteiger partial charge in [-0.25, -0.2) is 8.42 Å². The predicted molar refractivity (Wildman–Crippen MR) is 59.1 cm³/mol. The van der Waals surface area contributed by atoms with Crippen molar-refractivity contribution in [1.82, 2.24) is 9.78 Å². The maximum absolute atomic E-state index is 11.7. The van der Waals surface area contributed by atoms with Crippen molar-refractivity contribution >= 4 is 9.84 Å². The number of rotatable bonds is 1. The molecule has 1 N–H and O–H groups in total. The lowest BCUT2D eigenvalue weighted by molar-refractivity contribution is 0.281. The van der Waals surface area contributed by atoms with Gasteiger partial charge in [-0.05, 0) is 19.3 Å². The highest BCUT2D eigenvalue weighted by molar-refractivity contribution is 7.90. The van der Waals surface area contributed by atoms with Crippen LogP contribution in [0.3, 0.4) is 0 Å². The number of aromatic amines is 1. The van der Waals surface area contributed by atoms with Crippen LogP contribution in [0.4, 0.5) is 0 Å². The van der Waals surface area contributed by atoms with E-state index in [2.05, 4.69) is 5.10 Å². The summed E-state index contributed by atoms with van der Waals surface area (Å²) in [4.78, 5) is 11.7. The third-order valence-electron chi connectivity index (χ3n) is 3.59. The van der Waals surface area contributed by atoms with E-state index in [0.717, 1.165) is 18.5 Å². The van der Waals surface area contributed by atoms with Gasteiger partial charge in [0.2, 0.25) is 0 Å². The second kappa shape index (κ2) is 3.23. The minimum atomic E-state index is -3.05. The Labute approximate surface area is 93.4 Å². The minimum Gasteiger partial charge on any atom is -0.286 e. The normalized spacial score (nSPS) is 23.8. The molecule has 88 valence electrons. The van der Waals surface area contributed by atoms with Crippen molar-refractivity contribution in [1.29, 1.82) is 0 Å². The average Bonchev–Trinajstić information content (AvgIpc) is 2.39. The summed E-state index contributed by atoms with van der Waals surface area (Å²) in [5.74, 6) is 0.0847. The standard InChI is InChI=1S/C10H14N2O3S/c13-10-8-6-16(14,15)5-4-9(8)12(11-10)7-2-1-3-7/h7H,1-6H2,(H,11,13). The van der Waals surface area contributed by atoms with E-state index in [0.29, 0.717) is 18.0 Å². The molecule has 1 saturated carbocycles. The first-order valence-electron chi connectivity index (χ1n) is 5.59. The van der Waals surface area contributed by atoms with E-state index in [4.69, 9.17) is 0 Å². The summed E-state index contributed by atoms with van der Waals surface area (Å²) in [7, 11) is -3.05. The fourth-order valence-electron chi connectivity index (χ4n) is 2.44. The third-order valence-corrected chi connectivity index (χ3v) is 5.14. The zero-order valence-corrected chi connectivity index (χ0v) is 9.72. The number of hydrogen-bond donors (Lipinski definition) is 1. The molecule has 6 heteroatoms. The molecule has 2 heterocycles. The molecule has 0 bridgehead atoms. The van der Waals surface area contributed by atoms with Crippen molar-refractivity contribution in [2.75, 3.05) is 5.75 Å². The van der Waals surface area contributed by atoms with E-state index in [1.165, 1.54) is 6.42 Å². The molecule has 0 atom stereocenters. The molecule has 0 saturated heterocycles. The minimum absolute atomic E-state index is 0.0859. The highest BCUT2D eigenvalue weighted by Crippen LogP contribution is 2.33. The Morgan fingerprint density at radius 3 is 2.69 bits per heavy atom. The van der Waals surface area contributed by atoms with Crippen molar-refractivity contribution in [2.45, 2.75) is 37.5 Å². The van der Waals surface area contributed by atoms with Gasteiger partial charge in [-0.3, -0.25) is 14.6 Å². The lowest BCUT2D eigenvalue weighted by Gasteiger charge is -2.29. The van der Waals surface area contributed by atoms with Gasteiger partial charge in [-0.2, -0.15) is 0 Å². The molecule has 16 heavy (non-hydrogen) atoms. The number of hydrogen-bond acceptors (Lipinski definition) is 3. The highest BCUT2D eigenvalue weighted by Gasteiger charge is 2.31. The Balaban J connectivity index is 2.09. The summed E-state index contributed by atoms with van der Waals surface area (Å²) >= 11 is 0. The van der Waals surface area contributed by atoms with Crippen molar-refractivity contribution in [3.8, 4) is 0 Å². The highest BCUT2D eigenvalue weighted by atomic mass is 32.2. The van der Waals surface area contributed by atoms with Crippen LogP contribution in [0.2, 0.25) is 0 Å². The number of aromatic nitrogens is 2. The van der Waals surface area contributed by atoms with E-state index >= 15 is 0 Å². The molecule has 1 fully saturated rings. The van der Waals surface area contributed by atoms with E-state index in [9.17, 15) is 13.2 Å². The Morgan fingerprint density at radius 2 is 2.06 bits per heavy atom. The second-order valence-corrected chi connectivity index (χ2v) is 6.85. The number of sulfone groups is 1. The van der Waals surface area contributed by atoms with Gasteiger partial charge >= 0.3 is 0 Å². The molecule has 0 aromatic carbocycles. The van der Waals surface area contributed by atoms with E-state index in [1.807, 2.05) is 4.68 Å². The van der Waals surface area contributed by atoms with Crippen LogP contribution in [-0.4, -0.2) is 24.0 Å². The topological polar surface area (TPSA) is 71.9 Å². The molecule has 1 aliphatic heterocycles. The molecule has 0 spiro atoms. The van der Waals surface area contributed by atoms with Crippen molar-refractivity contribution in [3.63, 3.8) is 0 Å². The fourth-order valence-corrected chi connectivity index (χ4v) is 3.83. The van der Waals surface area contributed by atoms with Crippen LogP contribution >= 0.6 is 0 Å². The van der Waals surface area contributed by atoms with Crippen LogP contribution in [0.1, 0.15) is 36.6 Å². The van der Waals surface area contributed by atoms with E-state index in [-0.39, 0.29) is 17.1 Å². The monoisotopic (exact) mass is 242 g/mol. The van der Waals surface area contributed by atoms with Crippen LogP contribution in [0, 0.1) is 0 Å². The maximum Gasteiger partial charge on any atom is 0.268 e. The lowest BCUT2D eigenvalue weighted by atomic mass is 9.93. The molecule has 0 amide bonds. The van der Waals surface area contributed by atoms with Crippen molar-refractivity contribution < 1.29 is 8.42 Å². The molecule has 1 aromatic rings. The van der Waals surface area contributed by atoms with E-state index < -0.39 is 9.84 Å². The molecule has 1 aromatic heterocycles. The Kier molecular flexibility index (Phi) is 2.04. The van der Waals surface area contributed by atoms with Gasteiger partial charge in [0.25, 0.3) is 5.56 Å². The van der Waals surface area contributed by atoms with Gasteiger partial charge in [0.1, 0.15) is 0 Å². The molecule has 3 rings (SSSR count). The SMILES string of the molecule is O=c1[nH]n(C2CCC2)c2c1CS(=O)(=O)CC2. The zero-order valence-electron chi connectivity index (χ0n) is 8.90. The molecule has 0 radical (unpaired) electrons. The molecule has 2 aliphatic rings. The van der Waals surface area contributed by atoms with Crippen LogP contribution in [0.15, 0.2) is 4.79 Å². The smallest absolute Gasteiger partial charge is 0.268 e. The fraction of sp³-hybridized carbons (Fsp3) is 0.700. The van der Waals surface area contributed by atoms with Gasteiger partial charge in [-0.15, -0.1) is 0 Å². The van der Waals surface area contributed by atoms with Crippen molar-refractivity contribution in [3.05, 3.63) is 21.6 Å². The number of fused-ring (bicyclic) bond motifs is 1. The molecule has 1 aliphatic carbocycles. The largest absolute Gasteiger partial charge is 0.286 e. The summed E-state index contributed by atoms with van der Waals surface area (Å²) < 4.78 is 24.8. The quantitative estimate of drug-likeness (QED) is 0.773. The van der Waals surface area contributed by atoms with Gasteiger partial charge in [0.05, 0.1) is 23.1 Å². The van der Waals surface area contributed by atoms with Crippen LogP contribution in [-0.2, 0) is 22.0 Å². The van der Waals surface area contributed by atoms with Gasteiger partial charge in [0, 0.05) is 12.1 Å². The summed E-state index contributed by atoms with van der Waals surface area (Å²) in [5, 5.41) is 2.79. The third kappa shape index (κ3) is 1.43. The number of nitrogens with one attached hydrogen (secondary N) is 1. The average molecular weight is 242 g/mol. The predicted octanol–water partition coefficient (Wildman–Crippen LogP) is 0.372. The summed E-state index contributed by atoms with van der Waals surface area (Å²) in [5.41, 5.74) is 1.17. The summed E-state index contributed by atoms with van der Waals surface area (Å²) in [6, 6.07) is 0.386. The Bertz CT molecular complexity index is 578. The lowest BCUT2D eigenvalue weighted by Crippen LogP contribution is -2.25. The first-order valence-corrected chi connectivity index (χ1v) is 7.42. The first-order chi connectivity index (χ1) is 7.57. The first kappa shape index (κ1) is 10.1. The van der Waals surface area contributed by atoms with Gasteiger partial charge in [0.15, 0.2) is 9.84 Å². The van der Waals surface area contributed by atoms with E-state index in [1.54, 1.807) is 0 Å². The molecule has 5 nitrogen and oxygen atoms in total. The van der Waals surface area contributed by atoms with Crippen LogP contribution in [0.25, 0.3) is 0 Å². The van der Waals surface area contributed by atoms with Crippen LogP contribution in [0.5, 0.6) is 0 Å².